The first kappa shape index (κ1) is 17.1. The summed E-state index contributed by atoms with van der Waals surface area (Å²) >= 11 is 5.94. The normalized spacial score (nSPS) is 22.4. The Morgan fingerprint density at radius 3 is 3.00 bits per heavy atom. The lowest BCUT2D eigenvalue weighted by molar-refractivity contribution is -0.116. The molecular weight excluding hydrogens is 304 g/mol. The predicted molar refractivity (Wildman–Crippen MR) is 87.5 cm³/mol. The highest BCUT2D eigenvalue weighted by atomic mass is 35.5. The van der Waals surface area contributed by atoms with Crippen LogP contribution in [0.2, 0.25) is 5.02 Å². The van der Waals surface area contributed by atoms with E-state index in [1.165, 1.54) is 0 Å². The third kappa shape index (κ3) is 4.60. The van der Waals surface area contributed by atoms with Crippen molar-refractivity contribution >= 4 is 23.2 Å². The molecular formula is C16H23ClN2O3. The third-order valence-corrected chi connectivity index (χ3v) is 4.33. The Kier molecular flexibility index (Phi) is 6.06. The van der Waals surface area contributed by atoms with Gasteiger partial charge in [-0.1, -0.05) is 18.5 Å². The monoisotopic (exact) mass is 326 g/mol. The van der Waals surface area contributed by atoms with Crippen molar-refractivity contribution in [1.29, 1.82) is 0 Å². The number of piperidine rings is 1. The van der Waals surface area contributed by atoms with Crippen LogP contribution in [-0.4, -0.2) is 48.8 Å². The van der Waals surface area contributed by atoms with Crippen LogP contribution in [0.4, 0.5) is 5.69 Å². The maximum absolute atomic E-state index is 12.1. The minimum atomic E-state index is -0.301. The maximum atomic E-state index is 12.1. The highest BCUT2D eigenvalue weighted by Crippen LogP contribution is 2.27. The average molecular weight is 327 g/mol. The van der Waals surface area contributed by atoms with Gasteiger partial charge in [-0.25, -0.2) is 0 Å². The molecule has 0 spiro atoms. The number of aliphatic hydroxyl groups is 1. The second kappa shape index (κ2) is 7.81. The van der Waals surface area contributed by atoms with Gasteiger partial charge in [-0.15, -0.1) is 0 Å². The number of hydrogen-bond donors (Lipinski definition) is 2. The van der Waals surface area contributed by atoms with Gasteiger partial charge >= 0.3 is 0 Å². The summed E-state index contributed by atoms with van der Waals surface area (Å²) in [4.78, 5) is 14.2. The molecule has 5 nitrogen and oxygen atoms in total. The first-order valence-corrected chi connectivity index (χ1v) is 7.91. The molecule has 2 unspecified atom stereocenters. The van der Waals surface area contributed by atoms with E-state index >= 15 is 0 Å². The van der Waals surface area contributed by atoms with Crippen LogP contribution in [0.5, 0.6) is 5.75 Å². The molecule has 2 atom stereocenters. The van der Waals surface area contributed by atoms with Crippen LogP contribution in [0.25, 0.3) is 0 Å². The molecule has 0 radical (unpaired) electrons. The van der Waals surface area contributed by atoms with E-state index in [0.29, 0.717) is 41.9 Å². The first-order valence-electron chi connectivity index (χ1n) is 7.53. The van der Waals surface area contributed by atoms with Crippen LogP contribution in [0.3, 0.4) is 0 Å². The minimum Gasteiger partial charge on any atom is -0.495 e. The number of likely N-dealkylation sites (tertiary alicyclic amines) is 1. The summed E-state index contributed by atoms with van der Waals surface area (Å²) in [7, 11) is 1.55. The molecule has 0 aromatic heterocycles. The fourth-order valence-electron chi connectivity index (χ4n) is 2.57. The molecule has 22 heavy (non-hydrogen) atoms. The Labute approximate surface area is 136 Å². The van der Waals surface area contributed by atoms with Crippen LogP contribution in [0, 0.1) is 5.92 Å². The zero-order valence-electron chi connectivity index (χ0n) is 13.0. The number of hydrogen-bond acceptors (Lipinski definition) is 4. The van der Waals surface area contributed by atoms with Crippen LogP contribution in [0.15, 0.2) is 18.2 Å². The fraction of sp³-hybridized carbons (Fsp3) is 0.562. The Balaban J connectivity index is 1.85. The third-order valence-electron chi connectivity index (χ3n) is 4.09. The lowest BCUT2D eigenvalue weighted by Crippen LogP contribution is -2.43. The molecule has 0 saturated carbocycles. The van der Waals surface area contributed by atoms with Crippen LogP contribution in [0.1, 0.15) is 19.8 Å². The molecule has 1 amide bonds. The number of carbonyl (C=O) groups is 1. The number of aliphatic hydroxyl groups excluding tert-OH is 1. The van der Waals surface area contributed by atoms with Crippen molar-refractivity contribution < 1.29 is 14.6 Å². The number of rotatable bonds is 5. The molecule has 1 fully saturated rings. The summed E-state index contributed by atoms with van der Waals surface area (Å²) in [6.07, 6.45) is 1.03. The summed E-state index contributed by atoms with van der Waals surface area (Å²) in [5.74, 6) is 0.828. The van der Waals surface area contributed by atoms with E-state index in [4.69, 9.17) is 16.3 Å². The van der Waals surface area contributed by atoms with Gasteiger partial charge in [0.25, 0.3) is 0 Å². The Hall–Kier alpha value is -1.30. The second-order valence-electron chi connectivity index (χ2n) is 5.78. The number of amides is 1. The molecule has 1 aliphatic rings. The number of carbonyl (C=O) groups excluding carboxylic acids is 1. The van der Waals surface area contributed by atoms with Gasteiger partial charge in [0.1, 0.15) is 5.75 Å². The molecule has 2 N–H and O–H groups in total. The van der Waals surface area contributed by atoms with E-state index < -0.39 is 0 Å². The number of ether oxygens (including phenoxy) is 1. The topological polar surface area (TPSA) is 61.8 Å². The van der Waals surface area contributed by atoms with Crippen LogP contribution >= 0.6 is 11.6 Å². The van der Waals surface area contributed by atoms with Gasteiger partial charge in [-0.05, 0) is 37.1 Å². The van der Waals surface area contributed by atoms with Crippen LogP contribution in [-0.2, 0) is 4.79 Å². The SMILES string of the molecule is COc1ccc(Cl)cc1NC(=O)CCN1CCC(C)C(O)C1. The first-order chi connectivity index (χ1) is 10.5. The number of β-amino-alcohol motifs (C(OH)–C–C–N with tert-alkyl or cyclic N) is 1. The van der Waals surface area contributed by atoms with Gasteiger partial charge in [0, 0.05) is 24.5 Å². The molecule has 1 saturated heterocycles. The van der Waals surface area contributed by atoms with E-state index in [-0.39, 0.29) is 12.0 Å². The highest BCUT2D eigenvalue weighted by molar-refractivity contribution is 6.31. The van der Waals surface area contributed by atoms with E-state index in [1.54, 1.807) is 25.3 Å². The fourth-order valence-corrected chi connectivity index (χ4v) is 2.74. The number of halogens is 1. The summed E-state index contributed by atoms with van der Waals surface area (Å²) in [5, 5.41) is 13.2. The standard InChI is InChI=1S/C16H23ClN2O3/c1-11-5-7-19(10-14(11)20)8-6-16(21)18-13-9-12(17)3-4-15(13)22-2/h3-4,9,11,14,20H,5-8,10H2,1-2H3,(H,18,21). The van der Waals surface area contributed by atoms with E-state index in [2.05, 4.69) is 17.1 Å². The smallest absolute Gasteiger partial charge is 0.225 e. The molecule has 0 aliphatic carbocycles. The Morgan fingerprint density at radius 1 is 1.55 bits per heavy atom. The lowest BCUT2D eigenvalue weighted by Gasteiger charge is -2.34. The van der Waals surface area contributed by atoms with Gasteiger partial charge in [0.2, 0.25) is 5.91 Å². The van der Waals surface area contributed by atoms with Gasteiger partial charge in [-0.2, -0.15) is 0 Å². The minimum absolute atomic E-state index is 0.0892. The predicted octanol–water partition coefficient (Wildman–Crippen LogP) is 2.38. The number of methoxy groups -OCH3 is 1. The van der Waals surface area contributed by atoms with Gasteiger partial charge < -0.3 is 20.1 Å². The van der Waals surface area contributed by atoms with Crippen molar-refractivity contribution in [2.24, 2.45) is 5.92 Å². The van der Waals surface area contributed by atoms with Gasteiger partial charge in [0.15, 0.2) is 0 Å². The van der Waals surface area contributed by atoms with Gasteiger partial charge in [-0.3, -0.25) is 4.79 Å². The summed E-state index contributed by atoms with van der Waals surface area (Å²) < 4.78 is 5.20. The van der Waals surface area contributed by atoms with Crippen molar-refractivity contribution in [3.63, 3.8) is 0 Å². The lowest BCUT2D eigenvalue weighted by atomic mass is 9.96. The molecule has 0 bridgehead atoms. The average Bonchev–Trinajstić information content (AvgIpc) is 2.49. The maximum Gasteiger partial charge on any atom is 0.225 e. The largest absolute Gasteiger partial charge is 0.495 e. The van der Waals surface area contributed by atoms with Crippen molar-refractivity contribution in [2.75, 3.05) is 32.1 Å². The van der Waals surface area contributed by atoms with Gasteiger partial charge in [0.05, 0.1) is 18.9 Å². The number of nitrogens with zero attached hydrogens (tertiary/aromatic N) is 1. The Morgan fingerprint density at radius 2 is 2.32 bits per heavy atom. The van der Waals surface area contributed by atoms with Crippen molar-refractivity contribution in [3.8, 4) is 5.75 Å². The zero-order valence-corrected chi connectivity index (χ0v) is 13.8. The molecule has 2 rings (SSSR count). The van der Waals surface area contributed by atoms with Crippen molar-refractivity contribution in [1.82, 2.24) is 4.90 Å². The molecule has 122 valence electrons. The van der Waals surface area contributed by atoms with Crippen molar-refractivity contribution in [3.05, 3.63) is 23.2 Å². The van der Waals surface area contributed by atoms with E-state index in [0.717, 1.165) is 13.0 Å². The Bertz CT molecular complexity index is 524. The van der Waals surface area contributed by atoms with Crippen molar-refractivity contribution in [2.45, 2.75) is 25.9 Å². The quantitative estimate of drug-likeness (QED) is 0.872. The van der Waals surface area contributed by atoms with E-state index in [9.17, 15) is 9.90 Å². The van der Waals surface area contributed by atoms with E-state index in [1.807, 2.05) is 0 Å². The highest BCUT2D eigenvalue weighted by Gasteiger charge is 2.24. The number of anilines is 1. The molecule has 6 heteroatoms. The van der Waals surface area contributed by atoms with Crippen LogP contribution < -0.4 is 10.1 Å². The molecule has 1 aromatic carbocycles. The molecule has 1 aromatic rings. The summed E-state index contributed by atoms with van der Waals surface area (Å²) in [5.41, 5.74) is 0.576. The molecule has 1 heterocycles. The number of nitrogens with one attached hydrogen (secondary N) is 1. The summed E-state index contributed by atoms with van der Waals surface area (Å²) in [6, 6.07) is 5.11. The zero-order chi connectivity index (χ0) is 16.1. The molecule has 1 aliphatic heterocycles. The summed E-state index contributed by atoms with van der Waals surface area (Å²) in [6.45, 7) is 4.25. The number of benzene rings is 1. The second-order valence-corrected chi connectivity index (χ2v) is 6.21.